The Morgan fingerprint density at radius 3 is 2.22 bits per heavy atom. The molecule has 2 amide bonds. The van der Waals surface area contributed by atoms with Gasteiger partial charge >= 0.3 is 0 Å². The predicted molar refractivity (Wildman–Crippen MR) is 87.8 cm³/mol. The summed E-state index contributed by atoms with van der Waals surface area (Å²) in [5, 5.41) is 0. The van der Waals surface area contributed by atoms with Gasteiger partial charge in [-0.05, 0) is 31.2 Å². The van der Waals surface area contributed by atoms with Crippen molar-refractivity contribution >= 4 is 28.0 Å². The molecule has 2 rings (SSSR count). The Balaban J connectivity index is 2.08. The summed E-state index contributed by atoms with van der Waals surface area (Å²) in [6, 6.07) is 6.51. The Morgan fingerprint density at radius 1 is 1.17 bits per heavy atom. The van der Waals surface area contributed by atoms with Crippen LogP contribution in [0.2, 0.25) is 0 Å². The van der Waals surface area contributed by atoms with Crippen molar-refractivity contribution in [3.63, 3.8) is 0 Å². The zero-order valence-corrected chi connectivity index (χ0v) is 14.1. The molecule has 0 N–H and O–H groups in total. The van der Waals surface area contributed by atoms with Crippen molar-refractivity contribution < 1.29 is 18.0 Å². The number of nitrogens with zero attached hydrogens (tertiary/aromatic N) is 3. The van der Waals surface area contributed by atoms with Gasteiger partial charge in [-0.15, -0.1) is 0 Å². The van der Waals surface area contributed by atoms with Crippen molar-refractivity contribution in [2.45, 2.75) is 6.92 Å². The maximum absolute atomic E-state index is 12.4. The first-order valence-corrected chi connectivity index (χ1v) is 9.05. The number of hydrogen-bond donors (Lipinski definition) is 0. The van der Waals surface area contributed by atoms with Gasteiger partial charge in [-0.1, -0.05) is 0 Å². The number of anilines is 1. The SMILES string of the molecule is CCS(=O)(=O)N(C)c1ccc(C(=O)N2CCN(C=O)CC2)cc1. The monoisotopic (exact) mass is 339 g/mol. The van der Waals surface area contributed by atoms with E-state index in [-0.39, 0.29) is 11.7 Å². The average Bonchev–Trinajstić information content (AvgIpc) is 2.60. The molecule has 1 aliphatic heterocycles. The lowest BCUT2D eigenvalue weighted by molar-refractivity contribution is -0.119. The molecule has 8 heteroatoms. The van der Waals surface area contributed by atoms with Crippen molar-refractivity contribution in [2.75, 3.05) is 43.3 Å². The molecule has 0 radical (unpaired) electrons. The second-order valence-electron chi connectivity index (χ2n) is 5.35. The largest absolute Gasteiger partial charge is 0.342 e. The minimum absolute atomic E-state index is 0.0190. The van der Waals surface area contributed by atoms with Crippen LogP contribution in [0, 0.1) is 0 Å². The third-order valence-corrected chi connectivity index (χ3v) is 5.79. The van der Waals surface area contributed by atoms with Crippen molar-refractivity contribution in [3.8, 4) is 0 Å². The maximum Gasteiger partial charge on any atom is 0.253 e. The number of sulfonamides is 1. The van der Waals surface area contributed by atoms with Gasteiger partial charge in [0.05, 0.1) is 11.4 Å². The molecule has 1 aromatic carbocycles. The molecule has 1 aromatic rings. The van der Waals surface area contributed by atoms with E-state index in [4.69, 9.17) is 0 Å². The molecule has 1 saturated heterocycles. The van der Waals surface area contributed by atoms with E-state index in [9.17, 15) is 18.0 Å². The number of carbonyl (C=O) groups is 2. The number of hydrogen-bond acceptors (Lipinski definition) is 4. The second-order valence-corrected chi connectivity index (χ2v) is 7.64. The van der Waals surface area contributed by atoms with Gasteiger partial charge in [0.1, 0.15) is 0 Å². The lowest BCUT2D eigenvalue weighted by Crippen LogP contribution is -2.48. The first-order chi connectivity index (χ1) is 10.9. The smallest absolute Gasteiger partial charge is 0.253 e. The van der Waals surface area contributed by atoms with Crippen molar-refractivity contribution in [1.82, 2.24) is 9.80 Å². The van der Waals surface area contributed by atoms with E-state index in [0.29, 0.717) is 37.4 Å². The summed E-state index contributed by atoms with van der Waals surface area (Å²) in [4.78, 5) is 26.4. The predicted octanol–water partition coefficient (Wildman–Crippen LogP) is 0.387. The van der Waals surface area contributed by atoms with Crippen LogP contribution in [0.15, 0.2) is 24.3 Å². The fourth-order valence-electron chi connectivity index (χ4n) is 2.38. The second kappa shape index (κ2) is 6.99. The van der Waals surface area contributed by atoms with Gasteiger partial charge in [-0.2, -0.15) is 0 Å². The van der Waals surface area contributed by atoms with E-state index in [0.717, 1.165) is 6.41 Å². The molecular formula is C15H21N3O4S. The molecule has 0 saturated carbocycles. The normalized spacial score (nSPS) is 15.4. The molecule has 23 heavy (non-hydrogen) atoms. The summed E-state index contributed by atoms with van der Waals surface area (Å²) in [6.07, 6.45) is 0.792. The number of benzene rings is 1. The summed E-state index contributed by atoms with van der Waals surface area (Å²) in [5.41, 5.74) is 1.03. The Hall–Kier alpha value is -2.09. The highest BCUT2D eigenvalue weighted by Crippen LogP contribution is 2.18. The van der Waals surface area contributed by atoms with Crippen LogP contribution in [-0.4, -0.2) is 69.5 Å². The maximum atomic E-state index is 12.4. The van der Waals surface area contributed by atoms with E-state index in [1.807, 2.05) is 0 Å². The summed E-state index contributed by atoms with van der Waals surface area (Å²) in [7, 11) is -1.82. The van der Waals surface area contributed by atoms with Crippen LogP contribution < -0.4 is 4.31 Å². The Labute approximate surface area is 136 Å². The lowest BCUT2D eigenvalue weighted by Gasteiger charge is -2.32. The highest BCUT2D eigenvalue weighted by molar-refractivity contribution is 7.92. The third-order valence-electron chi connectivity index (χ3n) is 4.01. The first-order valence-electron chi connectivity index (χ1n) is 7.44. The van der Waals surface area contributed by atoms with Crippen LogP contribution >= 0.6 is 0 Å². The van der Waals surface area contributed by atoms with Gasteiger partial charge in [0.25, 0.3) is 5.91 Å². The third kappa shape index (κ3) is 3.82. The highest BCUT2D eigenvalue weighted by Gasteiger charge is 2.22. The molecule has 0 atom stereocenters. The highest BCUT2D eigenvalue weighted by atomic mass is 32.2. The van der Waals surface area contributed by atoms with Gasteiger partial charge < -0.3 is 9.80 Å². The van der Waals surface area contributed by atoms with Gasteiger partial charge in [0.2, 0.25) is 16.4 Å². The zero-order valence-electron chi connectivity index (χ0n) is 13.3. The Bertz CT molecular complexity index is 664. The molecular weight excluding hydrogens is 318 g/mol. The van der Waals surface area contributed by atoms with Gasteiger partial charge in [-0.25, -0.2) is 8.42 Å². The summed E-state index contributed by atoms with van der Waals surface area (Å²) in [5.74, 6) is -0.0892. The quantitative estimate of drug-likeness (QED) is 0.727. The molecule has 1 fully saturated rings. The van der Waals surface area contributed by atoms with Gasteiger partial charge in [-0.3, -0.25) is 13.9 Å². The number of carbonyl (C=O) groups excluding carboxylic acids is 2. The number of rotatable bonds is 5. The molecule has 0 spiro atoms. The Morgan fingerprint density at radius 2 is 1.74 bits per heavy atom. The minimum atomic E-state index is -3.31. The van der Waals surface area contributed by atoms with E-state index in [1.54, 1.807) is 41.0 Å². The van der Waals surface area contributed by atoms with Crippen LogP contribution in [0.3, 0.4) is 0 Å². The van der Waals surface area contributed by atoms with E-state index in [1.165, 1.54) is 11.4 Å². The molecule has 7 nitrogen and oxygen atoms in total. The standard InChI is InChI=1S/C15H21N3O4S/c1-3-23(21,22)16(2)14-6-4-13(5-7-14)15(20)18-10-8-17(12-19)9-11-18/h4-7,12H,3,8-11H2,1-2H3. The molecule has 1 heterocycles. The molecule has 0 unspecified atom stereocenters. The van der Waals surface area contributed by atoms with E-state index >= 15 is 0 Å². The van der Waals surface area contributed by atoms with Crippen LogP contribution in [0.1, 0.15) is 17.3 Å². The van der Waals surface area contributed by atoms with E-state index in [2.05, 4.69) is 0 Å². The van der Waals surface area contributed by atoms with Gasteiger partial charge in [0, 0.05) is 38.8 Å². The Kier molecular flexibility index (Phi) is 5.25. The molecule has 0 aromatic heterocycles. The molecule has 0 aliphatic carbocycles. The molecule has 0 bridgehead atoms. The zero-order chi connectivity index (χ0) is 17.0. The van der Waals surface area contributed by atoms with E-state index < -0.39 is 10.0 Å². The van der Waals surface area contributed by atoms with Crippen LogP contribution in [0.25, 0.3) is 0 Å². The number of amides is 2. The molecule has 126 valence electrons. The topological polar surface area (TPSA) is 78.0 Å². The van der Waals surface area contributed by atoms with Gasteiger partial charge in [0.15, 0.2) is 0 Å². The van der Waals surface area contributed by atoms with Crippen LogP contribution in [0.4, 0.5) is 5.69 Å². The van der Waals surface area contributed by atoms with Crippen LogP contribution in [0.5, 0.6) is 0 Å². The van der Waals surface area contributed by atoms with Crippen molar-refractivity contribution in [1.29, 1.82) is 0 Å². The fourth-order valence-corrected chi connectivity index (χ4v) is 3.21. The summed E-state index contributed by atoms with van der Waals surface area (Å²) >= 11 is 0. The summed E-state index contributed by atoms with van der Waals surface area (Å²) < 4.78 is 24.9. The molecule has 1 aliphatic rings. The number of piperazine rings is 1. The minimum Gasteiger partial charge on any atom is -0.342 e. The van der Waals surface area contributed by atoms with Crippen molar-refractivity contribution in [2.24, 2.45) is 0 Å². The fraction of sp³-hybridized carbons (Fsp3) is 0.467. The van der Waals surface area contributed by atoms with Crippen molar-refractivity contribution in [3.05, 3.63) is 29.8 Å². The van der Waals surface area contributed by atoms with Crippen LogP contribution in [-0.2, 0) is 14.8 Å². The summed E-state index contributed by atoms with van der Waals surface area (Å²) in [6.45, 7) is 3.66. The lowest BCUT2D eigenvalue weighted by atomic mass is 10.1. The first kappa shape index (κ1) is 17.3. The average molecular weight is 339 g/mol.